The van der Waals surface area contributed by atoms with E-state index in [1.165, 1.54) is 12.0 Å². The number of carbonyl (C=O) groups is 3. The molecule has 0 saturated carbocycles. The molecule has 3 atom stereocenters. The highest BCUT2D eigenvalue weighted by molar-refractivity contribution is 6.30. The van der Waals surface area contributed by atoms with E-state index in [9.17, 15) is 19.5 Å². The van der Waals surface area contributed by atoms with Gasteiger partial charge in [0.25, 0.3) is 5.91 Å². The fourth-order valence-electron chi connectivity index (χ4n) is 4.02. The van der Waals surface area contributed by atoms with Crippen LogP contribution in [0.4, 0.5) is 5.69 Å². The molecule has 1 aliphatic heterocycles. The number of aliphatic carboxylic acids is 1. The molecule has 0 spiro atoms. The number of benzene rings is 2. The maximum absolute atomic E-state index is 13.9. The smallest absolute Gasteiger partial charge is 0.334 e. The van der Waals surface area contributed by atoms with E-state index in [1.807, 2.05) is 20.8 Å². The number of rotatable bonds is 6. The van der Waals surface area contributed by atoms with Gasteiger partial charge in [0.2, 0.25) is 5.54 Å². The zero-order chi connectivity index (χ0) is 25.4. The first-order valence-corrected chi connectivity index (χ1v) is 11.1. The van der Waals surface area contributed by atoms with Gasteiger partial charge in [-0.05, 0) is 36.6 Å². The summed E-state index contributed by atoms with van der Waals surface area (Å²) < 4.78 is 11.7. The molecule has 34 heavy (non-hydrogen) atoms. The molecule has 0 radical (unpaired) electrons. The fourth-order valence-corrected chi connectivity index (χ4v) is 4.20. The summed E-state index contributed by atoms with van der Waals surface area (Å²) in [6, 6.07) is 12.0. The maximum Gasteiger partial charge on any atom is 0.334 e. The number of ketones is 1. The number of hydrogen-bond acceptors (Lipinski definition) is 6. The maximum atomic E-state index is 13.9. The normalized spacial score (nSPS) is 20.2. The van der Waals surface area contributed by atoms with Crippen LogP contribution in [0.1, 0.15) is 44.9 Å². The van der Waals surface area contributed by atoms with Crippen molar-refractivity contribution in [1.82, 2.24) is 0 Å². The van der Waals surface area contributed by atoms with Crippen LogP contribution in [-0.4, -0.2) is 48.1 Å². The van der Waals surface area contributed by atoms with Crippen molar-refractivity contribution in [3.63, 3.8) is 0 Å². The Bertz CT molecular complexity index is 1110. The van der Waals surface area contributed by atoms with Crippen LogP contribution in [0.3, 0.4) is 0 Å². The number of carboxylic acids is 1. The Morgan fingerprint density at radius 1 is 1.18 bits per heavy atom. The topological polar surface area (TPSA) is 119 Å². The van der Waals surface area contributed by atoms with E-state index in [-0.39, 0.29) is 12.0 Å². The summed E-state index contributed by atoms with van der Waals surface area (Å²) in [5, 5.41) is 10.4. The third kappa shape index (κ3) is 4.66. The predicted molar refractivity (Wildman–Crippen MR) is 128 cm³/mol. The van der Waals surface area contributed by atoms with Gasteiger partial charge < -0.3 is 25.2 Å². The molecule has 0 bridgehead atoms. The van der Waals surface area contributed by atoms with Crippen LogP contribution in [0.2, 0.25) is 5.02 Å². The second kappa shape index (κ2) is 9.37. The largest absolute Gasteiger partial charge is 0.496 e. The van der Waals surface area contributed by atoms with Gasteiger partial charge in [0.15, 0.2) is 11.9 Å². The highest BCUT2D eigenvalue weighted by Gasteiger charge is 2.55. The van der Waals surface area contributed by atoms with Crippen molar-refractivity contribution in [2.75, 3.05) is 18.6 Å². The van der Waals surface area contributed by atoms with Gasteiger partial charge >= 0.3 is 5.97 Å². The third-order valence-electron chi connectivity index (χ3n) is 5.73. The minimum atomic E-state index is -2.61. The summed E-state index contributed by atoms with van der Waals surface area (Å²) in [6.45, 7) is 7.06. The molecule has 1 aliphatic rings. The molecule has 0 aromatic heterocycles. The van der Waals surface area contributed by atoms with E-state index in [0.717, 1.165) is 6.92 Å². The first-order valence-electron chi connectivity index (χ1n) is 10.7. The molecule has 0 aliphatic carbocycles. The number of methoxy groups -OCH3 is 1. The number of carbonyl (C=O) groups excluding carboxylic acids is 2. The fraction of sp³-hybridized carbons (Fsp3) is 0.400. The van der Waals surface area contributed by atoms with Gasteiger partial charge in [0.05, 0.1) is 7.11 Å². The standard InChI is InChI=1S/C25H29ClN2O6/c1-14(29)25(27,23(31)32)21-22(30)28(13-24(2,3)4)18-11-10-15(26)12-17(18)20(34-21)16-8-6-7-9-19(16)33-5/h6-12,20-21H,13,27H2,1-5H3,(H,31,32)/t20-,21+,25?/m0/s1. The van der Waals surface area contributed by atoms with Crippen LogP contribution in [0, 0.1) is 5.41 Å². The van der Waals surface area contributed by atoms with Crippen molar-refractivity contribution in [1.29, 1.82) is 0 Å². The number of para-hydroxylation sites is 1. The number of nitrogens with two attached hydrogens (primary N) is 1. The Morgan fingerprint density at radius 3 is 2.38 bits per heavy atom. The van der Waals surface area contributed by atoms with Crippen LogP contribution in [0.15, 0.2) is 42.5 Å². The summed E-state index contributed by atoms with van der Waals surface area (Å²) in [5.74, 6) is -2.83. The van der Waals surface area contributed by atoms with Crippen molar-refractivity contribution in [3.8, 4) is 5.75 Å². The van der Waals surface area contributed by atoms with Crippen LogP contribution in [0.25, 0.3) is 0 Å². The highest BCUT2D eigenvalue weighted by atomic mass is 35.5. The number of anilines is 1. The number of ether oxygens (including phenoxy) is 2. The quantitative estimate of drug-likeness (QED) is 0.596. The number of amides is 1. The van der Waals surface area contributed by atoms with Gasteiger partial charge in [-0.25, -0.2) is 4.79 Å². The van der Waals surface area contributed by atoms with Gasteiger partial charge in [-0.15, -0.1) is 0 Å². The summed E-state index contributed by atoms with van der Waals surface area (Å²) in [6.07, 6.45) is -2.81. The molecule has 182 valence electrons. The Kier molecular flexibility index (Phi) is 7.07. The zero-order valence-electron chi connectivity index (χ0n) is 19.8. The van der Waals surface area contributed by atoms with E-state index in [0.29, 0.717) is 27.6 Å². The summed E-state index contributed by atoms with van der Waals surface area (Å²) in [5.41, 5.74) is 4.69. The van der Waals surface area contributed by atoms with E-state index in [1.54, 1.807) is 42.5 Å². The number of nitrogens with zero attached hydrogens (tertiary/aromatic N) is 1. The van der Waals surface area contributed by atoms with E-state index in [4.69, 9.17) is 26.8 Å². The lowest BCUT2D eigenvalue weighted by Gasteiger charge is -2.35. The van der Waals surface area contributed by atoms with Crippen LogP contribution >= 0.6 is 11.6 Å². The molecule has 3 N–H and O–H groups in total. The summed E-state index contributed by atoms with van der Waals surface area (Å²) in [7, 11) is 1.49. The van der Waals surface area contributed by atoms with E-state index < -0.39 is 35.4 Å². The SMILES string of the molecule is COc1ccccc1[C@@H]1O[C@@H](C(N)(C(C)=O)C(=O)O)C(=O)N(CC(C)(C)C)c2ccc(Cl)cc21. The number of hydrogen-bond donors (Lipinski definition) is 2. The third-order valence-corrected chi connectivity index (χ3v) is 5.96. The first-order chi connectivity index (χ1) is 15.8. The van der Waals surface area contributed by atoms with Crippen molar-refractivity contribution in [2.24, 2.45) is 11.1 Å². The van der Waals surface area contributed by atoms with Gasteiger partial charge in [0, 0.05) is 28.4 Å². The van der Waals surface area contributed by atoms with Crippen molar-refractivity contribution < 1.29 is 29.0 Å². The van der Waals surface area contributed by atoms with Crippen LogP contribution < -0.4 is 15.4 Å². The van der Waals surface area contributed by atoms with E-state index in [2.05, 4.69) is 0 Å². The average molecular weight is 489 g/mol. The van der Waals surface area contributed by atoms with Crippen molar-refractivity contribution in [3.05, 3.63) is 58.6 Å². The Morgan fingerprint density at radius 2 is 1.82 bits per heavy atom. The van der Waals surface area contributed by atoms with Crippen LogP contribution in [0.5, 0.6) is 5.75 Å². The molecule has 2 aromatic carbocycles. The molecule has 1 heterocycles. The molecule has 8 nitrogen and oxygen atoms in total. The lowest BCUT2D eigenvalue weighted by atomic mass is 9.87. The van der Waals surface area contributed by atoms with Crippen LogP contribution in [-0.2, 0) is 19.1 Å². The van der Waals surface area contributed by atoms with E-state index >= 15 is 0 Å². The molecule has 9 heteroatoms. The van der Waals surface area contributed by atoms with Crippen molar-refractivity contribution >= 4 is 34.9 Å². The lowest BCUT2D eigenvalue weighted by molar-refractivity contribution is -0.162. The molecule has 2 aromatic rings. The Labute approximate surface area is 203 Å². The minimum absolute atomic E-state index is 0.215. The van der Waals surface area contributed by atoms with Gasteiger partial charge in [-0.3, -0.25) is 9.59 Å². The lowest BCUT2D eigenvalue weighted by Crippen LogP contribution is -2.67. The summed E-state index contributed by atoms with van der Waals surface area (Å²) >= 11 is 6.34. The summed E-state index contributed by atoms with van der Waals surface area (Å²) in [4.78, 5) is 40.1. The van der Waals surface area contributed by atoms with Gasteiger partial charge in [-0.1, -0.05) is 50.6 Å². The minimum Gasteiger partial charge on any atom is -0.496 e. The molecule has 1 unspecified atom stereocenters. The monoisotopic (exact) mass is 488 g/mol. The molecular formula is C25H29ClN2O6. The Hall–Kier alpha value is -2.94. The molecule has 0 saturated heterocycles. The second-order valence-electron chi connectivity index (χ2n) is 9.56. The average Bonchev–Trinajstić information content (AvgIpc) is 2.87. The number of carboxylic acid groups (broad SMARTS) is 1. The van der Waals surface area contributed by atoms with Gasteiger partial charge in [-0.2, -0.15) is 0 Å². The molecule has 3 rings (SSSR count). The number of fused-ring (bicyclic) bond motifs is 1. The second-order valence-corrected chi connectivity index (χ2v) is 9.99. The predicted octanol–water partition coefficient (Wildman–Crippen LogP) is 3.59. The van der Waals surface area contributed by atoms with Gasteiger partial charge in [0.1, 0.15) is 11.9 Å². The Balaban J connectivity index is 2.36. The number of Topliss-reactive ketones (excluding diaryl/α,β-unsaturated/α-hetero) is 1. The number of halogens is 1. The molecule has 1 amide bonds. The van der Waals surface area contributed by atoms with Crippen molar-refractivity contribution in [2.45, 2.75) is 45.4 Å². The molecular weight excluding hydrogens is 460 g/mol. The zero-order valence-corrected chi connectivity index (χ0v) is 20.6. The highest BCUT2D eigenvalue weighted by Crippen LogP contribution is 2.44. The molecule has 0 fully saturated rings. The first kappa shape index (κ1) is 25.7.